The lowest BCUT2D eigenvalue weighted by atomic mass is 10.0. The summed E-state index contributed by atoms with van der Waals surface area (Å²) in [4.78, 5) is 36.5. The molecular weight excluding hydrogens is 553 g/mol. The van der Waals surface area contributed by atoms with Gasteiger partial charge in [-0.15, -0.1) is 11.3 Å². The summed E-state index contributed by atoms with van der Waals surface area (Å²) in [6, 6.07) is 12.2. The van der Waals surface area contributed by atoms with E-state index in [0.29, 0.717) is 36.7 Å². The van der Waals surface area contributed by atoms with E-state index in [-0.39, 0.29) is 24.0 Å². The molecule has 5 rings (SSSR count). The van der Waals surface area contributed by atoms with Gasteiger partial charge in [0.1, 0.15) is 17.1 Å². The van der Waals surface area contributed by atoms with Crippen molar-refractivity contribution in [2.24, 2.45) is 5.92 Å². The normalized spacial score (nSPS) is 13.3. The van der Waals surface area contributed by atoms with Crippen LogP contribution in [0.2, 0.25) is 0 Å². The molecule has 42 heavy (non-hydrogen) atoms. The van der Waals surface area contributed by atoms with Crippen LogP contribution in [-0.4, -0.2) is 38.9 Å². The molecule has 0 N–H and O–H groups in total. The second kappa shape index (κ2) is 12.6. The smallest absolute Gasteiger partial charge is 0.410 e. The van der Waals surface area contributed by atoms with Gasteiger partial charge < -0.3 is 14.4 Å². The maximum absolute atomic E-state index is 14.9. The van der Waals surface area contributed by atoms with Crippen molar-refractivity contribution < 1.29 is 23.5 Å². The number of halogens is 1. The molecule has 0 aliphatic heterocycles. The fourth-order valence-electron chi connectivity index (χ4n) is 4.64. The molecule has 1 aliphatic rings. The number of pyridine rings is 2. The number of thiophene rings is 1. The summed E-state index contributed by atoms with van der Waals surface area (Å²) in [6.45, 7) is 8.58. The zero-order chi connectivity index (χ0) is 29.9. The predicted octanol–water partition coefficient (Wildman–Crippen LogP) is 8.35. The van der Waals surface area contributed by atoms with Gasteiger partial charge in [-0.05, 0) is 81.3 Å². The number of amides is 1. The van der Waals surface area contributed by atoms with Gasteiger partial charge in [-0.1, -0.05) is 19.1 Å². The highest BCUT2D eigenvalue weighted by Crippen LogP contribution is 2.39. The second-order valence-electron chi connectivity index (χ2n) is 11.8. The van der Waals surface area contributed by atoms with Crippen LogP contribution in [0.3, 0.4) is 0 Å². The standard InChI is InChI=1S/C33H36FN3O4S/c1-5-14-37(32(39)41-33(2,3)4)20-23-8-10-26(36-19-23)30-18-27-31(42-30)29(12-13-35-27)40-28-11-9-22(17-25(28)34)16-24(38)15-21-6-7-21/h8-13,17-19,21H,5-7,14-16,20H2,1-4H3. The van der Waals surface area contributed by atoms with Gasteiger partial charge in [-0.3, -0.25) is 14.8 Å². The number of carbonyl (C=O) groups excluding carboxylic acids is 2. The number of ether oxygens (including phenoxy) is 2. The van der Waals surface area contributed by atoms with E-state index in [4.69, 9.17) is 9.47 Å². The van der Waals surface area contributed by atoms with Gasteiger partial charge in [-0.2, -0.15) is 0 Å². The number of carbonyl (C=O) groups is 2. The monoisotopic (exact) mass is 589 g/mol. The Kier molecular flexibility index (Phi) is 8.87. The second-order valence-corrected chi connectivity index (χ2v) is 12.9. The van der Waals surface area contributed by atoms with Gasteiger partial charge in [0.2, 0.25) is 0 Å². The lowest BCUT2D eigenvalue weighted by Gasteiger charge is -2.27. The number of benzene rings is 1. The van der Waals surface area contributed by atoms with Crippen LogP contribution in [0.5, 0.6) is 11.5 Å². The number of Topliss-reactive ketones (excluding diaryl/α,β-unsaturated/α-hetero) is 1. The molecule has 1 saturated carbocycles. The Balaban J connectivity index is 1.29. The van der Waals surface area contributed by atoms with Gasteiger partial charge in [-0.25, -0.2) is 9.18 Å². The van der Waals surface area contributed by atoms with Crippen LogP contribution in [0.4, 0.5) is 9.18 Å². The van der Waals surface area contributed by atoms with E-state index in [1.165, 1.54) is 17.4 Å². The summed E-state index contributed by atoms with van der Waals surface area (Å²) < 4.78 is 27.3. The number of rotatable bonds is 11. The van der Waals surface area contributed by atoms with Gasteiger partial charge >= 0.3 is 6.09 Å². The minimum Gasteiger partial charge on any atom is -0.453 e. The van der Waals surface area contributed by atoms with Crippen molar-refractivity contribution in [2.75, 3.05) is 6.54 Å². The number of hydrogen-bond donors (Lipinski definition) is 0. The van der Waals surface area contributed by atoms with E-state index < -0.39 is 11.4 Å². The van der Waals surface area contributed by atoms with Crippen molar-refractivity contribution in [3.05, 3.63) is 71.8 Å². The highest BCUT2D eigenvalue weighted by molar-refractivity contribution is 7.22. The van der Waals surface area contributed by atoms with Crippen molar-refractivity contribution >= 4 is 33.4 Å². The zero-order valence-corrected chi connectivity index (χ0v) is 25.3. The average molecular weight is 590 g/mol. The zero-order valence-electron chi connectivity index (χ0n) is 24.5. The number of hydrogen-bond acceptors (Lipinski definition) is 7. The third-order valence-corrected chi connectivity index (χ3v) is 7.96. The molecule has 0 atom stereocenters. The Hall–Kier alpha value is -3.85. The lowest BCUT2D eigenvalue weighted by molar-refractivity contribution is -0.118. The molecule has 0 radical (unpaired) electrons. The van der Waals surface area contributed by atoms with Crippen molar-refractivity contribution in [1.82, 2.24) is 14.9 Å². The van der Waals surface area contributed by atoms with Crippen LogP contribution >= 0.6 is 11.3 Å². The summed E-state index contributed by atoms with van der Waals surface area (Å²) in [6.07, 6.45) is 6.93. The molecule has 1 amide bonds. The van der Waals surface area contributed by atoms with E-state index in [9.17, 15) is 14.0 Å². The first-order valence-electron chi connectivity index (χ1n) is 14.4. The predicted molar refractivity (Wildman–Crippen MR) is 162 cm³/mol. The molecule has 1 aliphatic carbocycles. The molecule has 3 aromatic heterocycles. The SMILES string of the molecule is CCCN(Cc1ccc(-c2cc3nccc(Oc4ccc(CC(=O)CC5CC5)cc4F)c3s2)nc1)C(=O)OC(C)(C)C. The van der Waals surface area contributed by atoms with Crippen molar-refractivity contribution in [2.45, 2.75) is 71.9 Å². The lowest BCUT2D eigenvalue weighted by Crippen LogP contribution is -2.36. The summed E-state index contributed by atoms with van der Waals surface area (Å²) in [5.74, 6) is 0.754. The summed E-state index contributed by atoms with van der Waals surface area (Å²) in [5, 5.41) is 0. The molecule has 0 saturated heterocycles. The first-order valence-corrected chi connectivity index (χ1v) is 15.2. The van der Waals surface area contributed by atoms with Crippen molar-refractivity contribution in [3.8, 4) is 22.1 Å². The van der Waals surface area contributed by atoms with Gasteiger partial charge in [0, 0.05) is 37.8 Å². The van der Waals surface area contributed by atoms with E-state index in [2.05, 4.69) is 9.97 Å². The molecule has 3 heterocycles. The molecule has 0 unspecified atom stereocenters. The van der Waals surface area contributed by atoms with Crippen LogP contribution in [0.1, 0.15) is 64.5 Å². The molecule has 1 fully saturated rings. The number of ketones is 1. The van der Waals surface area contributed by atoms with E-state index in [1.54, 1.807) is 35.5 Å². The van der Waals surface area contributed by atoms with Gasteiger partial charge in [0.05, 0.1) is 27.3 Å². The Bertz CT molecular complexity index is 1570. The molecule has 220 valence electrons. The fraction of sp³-hybridized carbons (Fsp3) is 0.394. The Morgan fingerprint density at radius 3 is 2.50 bits per heavy atom. The largest absolute Gasteiger partial charge is 0.453 e. The van der Waals surface area contributed by atoms with Gasteiger partial charge in [0.25, 0.3) is 0 Å². The number of fused-ring (bicyclic) bond motifs is 1. The maximum Gasteiger partial charge on any atom is 0.410 e. The molecule has 9 heteroatoms. The quantitative estimate of drug-likeness (QED) is 0.175. The van der Waals surface area contributed by atoms with Crippen LogP contribution in [-0.2, 0) is 22.5 Å². The molecule has 0 spiro atoms. The van der Waals surface area contributed by atoms with Crippen LogP contribution in [0, 0.1) is 11.7 Å². The molecule has 4 aromatic rings. The van der Waals surface area contributed by atoms with E-state index in [1.807, 2.05) is 45.9 Å². The van der Waals surface area contributed by atoms with E-state index >= 15 is 0 Å². The maximum atomic E-state index is 14.9. The van der Waals surface area contributed by atoms with Crippen molar-refractivity contribution in [1.29, 1.82) is 0 Å². The average Bonchev–Trinajstić information content (AvgIpc) is 3.63. The Morgan fingerprint density at radius 1 is 1.05 bits per heavy atom. The number of aromatic nitrogens is 2. The summed E-state index contributed by atoms with van der Waals surface area (Å²) >= 11 is 1.46. The Morgan fingerprint density at radius 2 is 1.83 bits per heavy atom. The third kappa shape index (κ3) is 7.70. The first-order chi connectivity index (χ1) is 20.1. The minimum absolute atomic E-state index is 0.0972. The van der Waals surface area contributed by atoms with Crippen LogP contribution in [0.15, 0.2) is 54.9 Å². The molecule has 0 bridgehead atoms. The molecule has 1 aromatic carbocycles. The number of nitrogens with zero attached hydrogens (tertiary/aromatic N) is 3. The van der Waals surface area contributed by atoms with Crippen LogP contribution in [0.25, 0.3) is 20.8 Å². The molecule has 7 nitrogen and oxygen atoms in total. The van der Waals surface area contributed by atoms with Gasteiger partial charge in [0.15, 0.2) is 11.6 Å². The highest BCUT2D eigenvalue weighted by Gasteiger charge is 2.25. The summed E-state index contributed by atoms with van der Waals surface area (Å²) in [5.41, 5.74) is 2.48. The third-order valence-electron chi connectivity index (χ3n) is 6.80. The minimum atomic E-state index is -0.562. The molecular formula is C33H36FN3O4S. The summed E-state index contributed by atoms with van der Waals surface area (Å²) in [7, 11) is 0. The Labute approximate surface area is 249 Å². The highest BCUT2D eigenvalue weighted by atomic mass is 32.1. The van der Waals surface area contributed by atoms with Crippen LogP contribution < -0.4 is 4.74 Å². The topological polar surface area (TPSA) is 81.6 Å². The van der Waals surface area contributed by atoms with E-state index in [0.717, 1.165) is 45.6 Å². The van der Waals surface area contributed by atoms with Crippen molar-refractivity contribution in [3.63, 3.8) is 0 Å². The fourth-order valence-corrected chi connectivity index (χ4v) is 5.68. The first kappa shape index (κ1) is 29.6.